The van der Waals surface area contributed by atoms with Crippen molar-refractivity contribution in [3.63, 3.8) is 0 Å². The molecule has 1 spiro atoms. The van der Waals surface area contributed by atoms with E-state index in [-0.39, 0.29) is 11.5 Å². The number of carbonyl (C=O) groups is 1. The van der Waals surface area contributed by atoms with Gasteiger partial charge in [0.15, 0.2) is 5.60 Å². The minimum Gasteiger partial charge on any atom is -0.456 e. The van der Waals surface area contributed by atoms with Gasteiger partial charge < -0.3 is 20.1 Å². The lowest BCUT2D eigenvalue weighted by molar-refractivity contribution is 0.0224. The van der Waals surface area contributed by atoms with E-state index in [4.69, 9.17) is 9.47 Å². The molecule has 4 aromatic rings. The summed E-state index contributed by atoms with van der Waals surface area (Å²) < 4.78 is 12.7. The number of hydrogen-bond acceptors (Lipinski definition) is 5. The van der Waals surface area contributed by atoms with Crippen molar-refractivity contribution < 1.29 is 14.3 Å². The number of rotatable bonds is 4. The van der Waals surface area contributed by atoms with Crippen molar-refractivity contribution in [2.75, 3.05) is 10.6 Å². The van der Waals surface area contributed by atoms with E-state index in [1.54, 1.807) is 0 Å². The molecule has 1 atom stereocenters. The normalized spacial score (nSPS) is 21.2. The molecule has 5 nitrogen and oxygen atoms in total. The molecule has 2 heterocycles. The summed E-state index contributed by atoms with van der Waals surface area (Å²) in [5, 5.41) is 7.49. The molecule has 0 radical (unpaired) electrons. The molecular formula is C36H36N2O3. The monoisotopic (exact) mass is 544 g/mol. The average molecular weight is 545 g/mol. The summed E-state index contributed by atoms with van der Waals surface area (Å²) in [5.74, 6) is 1.07. The van der Waals surface area contributed by atoms with Crippen molar-refractivity contribution in [3.8, 4) is 11.5 Å². The van der Waals surface area contributed by atoms with Gasteiger partial charge in [-0.05, 0) is 93.0 Å². The van der Waals surface area contributed by atoms with Crippen LogP contribution in [0.15, 0.2) is 84.9 Å². The molecule has 0 amide bonds. The van der Waals surface area contributed by atoms with Crippen molar-refractivity contribution in [1.82, 2.24) is 0 Å². The third-order valence-corrected chi connectivity index (χ3v) is 9.26. The first kappa shape index (κ1) is 25.7. The van der Waals surface area contributed by atoms with Crippen LogP contribution in [0.2, 0.25) is 0 Å². The fraction of sp³-hybridized carbons (Fsp3) is 0.306. The summed E-state index contributed by atoms with van der Waals surface area (Å²) >= 11 is 0. The van der Waals surface area contributed by atoms with Gasteiger partial charge in [-0.1, -0.05) is 56.3 Å². The second-order valence-corrected chi connectivity index (χ2v) is 12.9. The van der Waals surface area contributed by atoms with Gasteiger partial charge >= 0.3 is 5.97 Å². The molecule has 0 saturated heterocycles. The Bertz CT molecular complexity index is 1680. The van der Waals surface area contributed by atoms with Gasteiger partial charge in [-0.2, -0.15) is 0 Å². The molecule has 1 saturated carbocycles. The van der Waals surface area contributed by atoms with E-state index >= 15 is 0 Å². The molecule has 0 aromatic heterocycles. The molecule has 3 aliphatic rings. The molecule has 1 fully saturated rings. The van der Waals surface area contributed by atoms with E-state index < -0.39 is 5.60 Å². The molecule has 5 heteroatoms. The number of anilines is 3. The standard InChI is InChI=1S/C36H36N2O3/c1-23-20-32-29(36(28-14-7-8-15-31(28)40-32)27-13-6-5-12-26(27)33(39)41-36)22-30(23)37-24-10-9-11-25(21-24)38-35(4)18-16-34(2,3)17-19-35/h5-15,20-22,37-38H,16-19H2,1-4H3. The number of hydrogen-bond donors (Lipinski definition) is 2. The largest absolute Gasteiger partial charge is 0.456 e. The Morgan fingerprint density at radius 2 is 1.41 bits per heavy atom. The van der Waals surface area contributed by atoms with Crippen molar-refractivity contribution in [3.05, 3.63) is 113 Å². The lowest BCUT2D eigenvalue weighted by atomic mass is 9.70. The molecule has 2 aliphatic heterocycles. The quantitative estimate of drug-likeness (QED) is 0.251. The third kappa shape index (κ3) is 4.26. The molecular weight excluding hydrogens is 508 g/mol. The first-order chi connectivity index (χ1) is 19.7. The fourth-order valence-electron chi connectivity index (χ4n) is 6.69. The van der Waals surface area contributed by atoms with Crippen LogP contribution in [-0.4, -0.2) is 11.5 Å². The fourth-order valence-corrected chi connectivity index (χ4v) is 6.69. The molecule has 41 heavy (non-hydrogen) atoms. The van der Waals surface area contributed by atoms with Crippen LogP contribution >= 0.6 is 0 Å². The zero-order valence-electron chi connectivity index (χ0n) is 24.1. The van der Waals surface area contributed by atoms with Crippen LogP contribution in [0.5, 0.6) is 11.5 Å². The van der Waals surface area contributed by atoms with Gasteiger partial charge in [0.05, 0.1) is 5.56 Å². The Morgan fingerprint density at radius 1 is 0.707 bits per heavy atom. The van der Waals surface area contributed by atoms with Crippen molar-refractivity contribution in [2.24, 2.45) is 5.41 Å². The molecule has 1 aliphatic carbocycles. The van der Waals surface area contributed by atoms with Crippen LogP contribution in [0.4, 0.5) is 17.1 Å². The van der Waals surface area contributed by atoms with E-state index in [1.807, 2.05) is 54.6 Å². The highest BCUT2D eigenvalue weighted by atomic mass is 16.6. The minimum absolute atomic E-state index is 0.0900. The van der Waals surface area contributed by atoms with Crippen LogP contribution in [0.25, 0.3) is 0 Å². The van der Waals surface area contributed by atoms with Gasteiger partial charge in [0, 0.05) is 39.3 Å². The highest BCUT2D eigenvalue weighted by Crippen LogP contribution is 2.56. The molecule has 2 N–H and O–H groups in total. The molecule has 7 rings (SSSR count). The first-order valence-corrected chi connectivity index (χ1v) is 14.6. The summed E-state index contributed by atoms with van der Waals surface area (Å²) in [6, 6.07) is 28.1. The Kier molecular flexibility index (Phi) is 5.73. The smallest absolute Gasteiger partial charge is 0.340 e. The predicted octanol–water partition coefficient (Wildman–Crippen LogP) is 9.08. The van der Waals surface area contributed by atoms with Crippen LogP contribution in [0.3, 0.4) is 0 Å². The van der Waals surface area contributed by atoms with E-state index in [2.05, 4.69) is 68.7 Å². The minimum atomic E-state index is -1.07. The summed E-state index contributed by atoms with van der Waals surface area (Å²) in [5.41, 5.74) is 6.59. The van der Waals surface area contributed by atoms with E-state index in [0.717, 1.165) is 52.2 Å². The summed E-state index contributed by atoms with van der Waals surface area (Å²) in [7, 11) is 0. The first-order valence-electron chi connectivity index (χ1n) is 14.6. The van der Waals surface area contributed by atoms with Gasteiger partial charge in [-0.15, -0.1) is 0 Å². The number of aryl methyl sites for hydroxylation is 1. The van der Waals surface area contributed by atoms with Crippen molar-refractivity contribution in [2.45, 2.75) is 64.5 Å². The lowest BCUT2D eigenvalue weighted by Crippen LogP contribution is -2.40. The van der Waals surface area contributed by atoms with Crippen LogP contribution < -0.4 is 15.4 Å². The zero-order valence-corrected chi connectivity index (χ0v) is 24.1. The molecule has 0 bridgehead atoms. The molecule has 1 unspecified atom stereocenters. The predicted molar refractivity (Wildman–Crippen MR) is 163 cm³/mol. The van der Waals surface area contributed by atoms with E-state index in [9.17, 15) is 4.79 Å². The van der Waals surface area contributed by atoms with E-state index in [0.29, 0.717) is 22.5 Å². The summed E-state index contributed by atoms with van der Waals surface area (Å²) in [4.78, 5) is 13.2. The number of fused-ring (bicyclic) bond motifs is 6. The molecule has 4 aromatic carbocycles. The van der Waals surface area contributed by atoms with Gasteiger partial charge in [-0.3, -0.25) is 0 Å². The second kappa shape index (κ2) is 9.13. The number of benzene rings is 4. The third-order valence-electron chi connectivity index (χ3n) is 9.26. The van der Waals surface area contributed by atoms with Gasteiger partial charge in [0.2, 0.25) is 0 Å². The number of esters is 1. The van der Waals surface area contributed by atoms with Gasteiger partial charge in [-0.25, -0.2) is 4.79 Å². The topological polar surface area (TPSA) is 59.6 Å². The van der Waals surface area contributed by atoms with Crippen molar-refractivity contribution >= 4 is 23.0 Å². The Hall–Kier alpha value is -4.25. The zero-order chi connectivity index (χ0) is 28.4. The SMILES string of the molecule is Cc1cc2c(cc1Nc1cccc(NC3(C)CCC(C)(C)CC3)c1)C1(OC(=O)c3ccccc31)c1ccccc1O2. The van der Waals surface area contributed by atoms with E-state index in [1.165, 1.54) is 12.8 Å². The number of nitrogens with one attached hydrogen (secondary N) is 2. The Morgan fingerprint density at radius 3 is 2.22 bits per heavy atom. The Balaban J connectivity index is 1.26. The van der Waals surface area contributed by atoms with Crippen LogP contribution in [-0.2, 0) is 10.3 Å². The van der Waals surface area contributed by atoms with Crippen LogP contribution in [0.1, 0.15) is 79.1 Å². The van der Waals surface area contributed by atoms with Crippen LogP contribution in [0, 0.1) is 12.3 Å². The lowest BCUT2D eigenvalue weighted by Gasteiger charge is -2.42. The number of para-hydroxylation sites is 1. The average Bonchev–Trinajstić information content (AvgIpc) is 3.25. The molecule has 208 valence electrons. The summed E-state index contributed by atoms with van der Waals surface area (Å²) in [6.07, 6.45) is 4.77. The van der Waals surface area contributed by atoms with Gasteiger partial charge in [0.25, 0.3) is 0 Å². The maximum absolute atomic E-state index is 13.2. The van der Waals surface area contributed by atoms with Gasteiger partial charge in [0.1, 0.15) is 11.5 Å². The number of ether oxygens (including phenoxy) is 2. The Labute approximate surface area is 241 Å². The number of carbonyl (C=O) groups excluding carboxylic acids is 1. The highest BCUT2D eigenvalue weighted by Gasteiger charge is 2.53. The van der Waals surface area contributed by atoms with Crippen molar-refractivity contribution in [1.29, 1.82) is 0 Å². The summed E-state index contributed by atoms with van der Waals surface area (Å²) in [6.45, 7) is 9.16. The maximum Gasteiger partial charge on any atom is 0.340 e. The maximum atomic E-state index is 13.2. The second-order valence-electron chi connectivity index (χ2n) is 12.9. The highest BCUT2D eigenvalue weighted by molar-refractivity contribution is 5.97.